The lowest BCUT2D eigenvalue weighted by molar-refractivity contribution is -0.132. The molecule has 5 rings (SSSR count). The molecule has 1 aromatic rings. The first kappa shape index (κ1) is 20.8. The second kappa shape index (κ2) is 8.45. The van der Waals surface area contributed by atoms with Crippen LogP contribution in [0, 0.1) is 11.8 Å². The molecule has 31 heavy (non-hydrogen) atoms. The standard InChI is InChI=1S/C25H31N3O2S/c1-25(23(30)27-24(31-25)26-21-16-18-7-9-19(21)15-18)20-11-13-28(14-12-20)22(29)10-8-17-5-3-2-4-6-17/h2-6,18,20H,7-16H2,1H3,(H,26,27,30)/t18-,25?/m1/s1. The van der Waals surface area contributed by atoms with Crippen LogP contribution >= 0.6 is 11.8 Å². The molecule has 1 aromatic carbocycles. The zero-order valence-electron chi connectivity index (χ0n) is 18.2. The van der Waals surface area contributed by atoms with Gasteiger partial charge >= 0.3 is 0 Å². The molecule has 164 valence electrons. The normalized spacial score (nSPS) is 29.8. The molecule has 2 amide bonds. The first-order chi connectivity index (χ1) is 15.0. The number of likely N-dealkylation sites (tertiary alicyclic amines) is 1. The Kier molecular flexibility index (Phi) is 5.67. The summed E-state index contributed by atoms with van der Waals surface area (Å²) in [6, 6.07) is 10.2. The van der Waals surface area contributed by atoms with Gasteiger partial charge in [0.05, 0.1) is 0 Å². The van der Waals surface area contributed by atoms with E-state index < -0.39 is 4.75 Å². The van der Waals surface area contributed by atoms with E-state index in [1.54, 1.807) is 11.8 Å². The number of hydrogen-bond acceptors (Lipinski definition) is 4. The number of nitrogens with zero attached hydrogens (tertiary/aromatic N) is 2. The van der Waals surface area contributed by atoms with E-state index in [1.807, 2.05) is 23.1 Å². The van der Waals surface area contributed by atoms with E-state index >= 15 is 0 Å². The van der Waals surface area contributed by atoms with Crippen LogP contribution in [0.5, 0.6) is 0 Å². The smallest absolute Gasteiger partial charge is 0.242 e. The van der Waals surface area contributed by atoms with Gasteiger partial charge in [0.25, 0.3) is 0 Å². The van der Waals surface area contributed by atoms with Crippen molar-refractivity contribution in [2.24, 2.45) is 16.8 Å². The average Bonchev–Trinajstić information content (AvgIpc) is 3.48. The molecule has 1 saturated carbocycles. The summed E-state index contributed by atoms with van der Waals surface area (Å²) in [7, 11) is 0. The largest absolute Gasteiger partial charge is 0.343 e. The number of amides is 2. The second-order valence-corrected chi connectivity index (χ2v) is 11.0. The first-order valence-electron chi connectivity index (χ1n) is 11.6. The van der Waals surface area contributed by atoms with Crippen LogP contribution in [0.15, 0.2) is 46.6 Å². The molecule has 2 bridgehead atoms. The molecule has 1 unspecified atom stereocenters. The number of benzene rings is 1. The van der Waals surface area contributed by atoms with Crippen molar-refractivity contribution in [2.75, 3.05) is 13.1 Å². The van der Waals surface area contributed by atoms with Gasteiger partial charge in [-0.15, -0.1) is 0 Å². The van der Waals surface area contributed by atoms with Crippen LogP contribution in [0.4, 0.5) is 0 Å². The van der Waals surface area contributed by atoms with Gasteiger partial charge in [-0.3, -0.25) is 9.59 Å². The molecule has 2 saturated heterocycles. The van der Waals surface area contributed by atoms with Gasteiger partial charge in [0, 0.05) is 25.2 Å². The Bertz CT molecular complexity index is 933. The third-order valence-electron chi connectivity index (χ3n) is 7.59. The zero-order chi connectivity index (χ0) is 21.4. The number of aliphatic imine (C=N–C) groups is 1. The topological polar surface area (TPSA) is 61.8 Å². The Morgan fingerprint density at radius 2 is 1.97 bits per heavy atom. The fraction of sp³-hybridized carbons (Fsp3) is 0.560. The van der Waals surface area contributed by atoms with Crippen LogP contribution < -0.4 is 5.32 Å². The van der Waals surface area contributed by atoms with Crippen LogP contribution in [0.3, 0.4) is 0 Å². The van der Waals surface area contributed by atoms with E-state index in [1.165, 1.54) is 36.1 Å². The fourth-order valence-electron chi connectivity index (χ4n) is 5.58. The molecule has 2 aliphatic carbocycles. The van der Waals surface area contributed by atoms with E-state index in [9.17, 15) is 9.59 Å². The predicted octanol–water partition coefficient (Wildman–Crippen LogP) is 4.29. The monoisotopic (exact) mass is 437 g/mol. The fourth-order valence-corrected chi connectivity index (χ4v) is 6.83. The van der Waals surface area contributed by atoms with Gasteiger partial charge in [-0.1, -0.05) is 42.1 Å². The summed E-state index contributed by atoms with van der Waals surface area (Å²) >= 11 is 1.61. The van der Waals surface area contributed by atoms with Crippen LogP contribution in [0.1, 0.15) is 57.4 Å². The van der Waals surface area contributed by atoms with Crippen LogP contribution in [0.2, 0.25) is 0 Å². The quantitative estimate of drug-likeness (QED) is 0.747. The van der Waals surface area contributed by atoms with Crippen LogP contribution in [-0.2, 0) is 16.0 Å². The number of carbonyl (C=O) groups is 2. The van der Waals surface area contributed by atoms with Crippen molar-refractivity contribution in [3.05, 3.63) is 47.2 Å². The molecule has 0 spiro atoms. The highest BCUT2D eigenvalue weighted by atomic mass is 32.2. The highest BCUT2D eigenvalue weighted by Crippen LogP contribution is 2.47. The van der Waals surface area contributed by atoms with Crippen molar-refractivity contribution in [3.8, 4) is 0 Å². The Balaban J connectivity index is 1.16. The lowest BCUT2D eigenvalue weighted by atomic mass is 9.84. The molecule has 3 fully saturated rings. The number of fused-ring (bicyclic) bond motifs is 2. The number of aryl methyl sites for hydroxylation is 1. The average molecular weight is 438 g/mol. The summed E-state index contributed by atoms with van der Waals surface area (Å²) in [5, 5.41) is 3.84. The summed E-state index contributed by atoms with van der Waals surface area (Å²) < 4.78 is -0.485. The highest BCUT2D eigenvalue weighted by molar-refractivity contribution is 8.16. The minimum Gasteiger partial charge on any atom is -0.343 e. The van der Waals surface area contributed by atoms with Gasteiger partial charge in [-0.25, -0.2) is 4.99 Å². The molecule has 1 N–H and O–H groups in total. The molecule has 6 heteroatoms. The summed E-state index contributed by atoms with van der Waals surface area (Å²) in [4.78, 5) is 32.4. The summed E-state index contributed by atoms with van der Waals surface area (Å²) in [6.45, 7) is 3.54. The van der Waals surface area contributed by atoms with Gasteiger partial charge in [-0.05, 0) is 74.8 Å². The lowest BCUT2D eigenvalue weighted by Crippen LogP contribution is -2.47. The number of allylic oxidation sites excluding steroid dienone is 2. The lowest BCUT2D eigenvalue weighted by Gasteiger charge is -2.38. The van der Waals surface area contributed by atoms with Crippen LogP contribution in [-0.4, -0.2) is 39.7 Å². The molecule has 5 nitrogen and oxygen atoms in total. The number of rotatable bonds is 5. The molecule has 2 atom stereocenters. The highest BCUT2D eigenvalue weighted by Gasteiger charge is 2.49. The maximum absolute atomic E-state index is 12.9. The van der Waals surface area contributed by atoms with Gasteiger partial charge < -0.3 is 10.2 Å². The Labute approximate surface area is 188 Å². The second-order valence-electron chi connectivity index (χ2n) is 9.58. The number of nitrogens with one attached hydrogen (secondary N) is 1. The molecule has 4 aliphatic rings. The maximum Gasteiger partial charge on any atom is 0.242 e. The molecule has 2 heterocycles. The summed E-state index contributed by atoms with van der Waals surface area (Å²) in [5.74, 6) is 1.36. The van der Waals surface area contributed by atoms with Crippen molar-refractivity contribution < 1.29 is 9.59 Å². The molecular formula is C25H31N3O2S. The molecule has 0 aromatic heterocycles. The number of amidine groups is 1. The van der Waals surface area contributed by atoms with Crippen molar-refractivity contribution in [1.82, 2.24) is 10.2 Å². The summed E-state index contributed by atoms with van der Waals surface area (Å²) in [6.07, 6.45) is 7.86. The number of thioether (sulfide) groups is 1. The number of piperidine rings is 1. The van der Waals surface area contributed by atoms with E-state index in [-0.39, 0.29) is 17.7 Å². The van der Waals surface area contributed by atoms with E-state index in [2.05, 4.69) is 24.4 Å². The van der Waals surface area contributed by atoms with Crippen molar-refractivity contribution in [3.63, 3.8) is 0 Å². The van der Waals surface area contributed by atoms with E-state index in [0.717, 1.165) is 49.9 Å². The van der Waals surface area contributed by atoms with Crippen molar-refractivity contribution in [1.29, 1.82) is 0 Å². The number of hydrogen-bond donors (Lipinski definition) is 1. The minimum atomic E-state index is -0.485. The van der Waals surface area contributed by atoms with Gasteiger partial charge in [0.1, 0.15) is 4.75 Å². The summed E-state index contributed by atoms with van der Waals surface area (Å²) in [5.41, 5.74) is 3.93. The van der Waals surface area contributed by atoms with Gasteiger partial charge in [0.2, 0.25) is 11.8 Å². The molecule has 2 aliphatic heterocycles. The number of carbonyl (C=O) groups excluding carboxylic acids is 2. The first-order valence-corrected chi connectivity index (χ1v) is 12.4. The predicted molar refractivity (Wildman–Crippen MR) is 125 cm³/mol. The Morgan fingerprint density at radius 3 is 2.65 bits per heavy atom. The van der Waals surface area contributed by atoms with Crippen molar-refractivity contribution >= 4 is 28.7 Å². The molecule has 0 radical (unpaired) electrons. The third-order valence-corrected chi connectivity index (χ3v) is 8.92. The SMILES string of the molecule is CC1(C2CCN(C(=O)CCc3ccccc3)CC2)SC(=NC2=C3CC[C@H](C3)C2)NC1=O. The van der Waals surface area contributed by atoms with Crippen LogP contribution in [0.25, 0.3) is 0 Å². The van der Waals surface area contributed by atoms with Gasteiger partial charge in [-0.2, -0.15) is 0 Å². The Morgan fingerprint density at radius 1 is 1.19 bits per heavy atom. The minimum absolute atomic E-state index is 0.0823. The van der Waals surface area contributed by atoms with E-state index in [0.29, 0.717) is 6.42 Å². The van der Waals surface area contributed by atoms with E-state index in [4.69, 9.17) is 4.99 Å². The third kappa shape index (κ3) is 4.19. The van der Waals surface area contributed by atoms with Gasteiger partial charge in [0.15, 0.2) is 5.17 Å². The van der Waals surface area contributed by atoms with Crippen molar-refractivity contribution in [2.45, 2.75) is 63.0 Å². The zero-order valence-corrected chi connectivity index (χ0v) is 19.0. The Hall–Kier alpha value is -2.08. The molecular weight excluding hydrogens is 406 g/mol. The maximum atomic E-state index is 12.9.